The average molecular weight is 217 g/mol. The molecule has 0 heterocycles. The van der Waals surface area contributed by atoms with Gasteiger partial charge in [-0.25, -0.2) is 0 Å². The highest BCUT2D eigenvalue weighted by Crippen LogP contribution is 2.28. The zero-order chi connectivity index (χ0) is 9.84. The van der Waals surface area contributed by atoms with E-state index in [1.807, 2.05) is 12.1 Å². The molecule has 0 saturated carbocycles. The van der Waals surface area contributed by atoms with Crippen LogP contribution in [0, 0.1) is 0 Å². The van der Waals surface area contributed by atoms with Gasteiger partial charge >= 0.3 is 0 Å². The summed E-state index contributed by atoms with van der Waals surface area (Å²) in [6.45, 7) is 4.40. The molecule has 0 spiro atoms. The van der Waals surface area contributed by atoms with Gasteiger partial charge in [0.1, 0.15) is 0 Å². The summed E-state index contributed by atoms with van der Waals surface area (Å²) < 4.78 is 0. The molecule has 2 heteroatoms. The number of benzene rings is 1. The van der Waals surface area contributed by atoms with Crippen molar-refractivity contribution in [2.75, 3.05) is 0 Å². The average Bonchev–Trinajstić information content (AvgIpc) is 2.10. The van der Waals surface area contributed by atoms with Gasteiger partial charge in [0, 0.05) is 0 Å². The lowest BCUT2D eigenvalue weighted by Gasteiger charge is -2.10. The molecule has 0 aliphatic heterocycles. The normalized spacial score (nSPS) is 12.9. The van der Waals surface area contributed by atoms with Gasteiger partial charge in [0.25, 0.3) is 0 Å². The lowest BCUT2D eigenvalue weighted by atomic mass is 9.97. The van der Waals surface area contributed by atoms with Crippen LogP contribution >= 0.6 is 23.2 Å². The van der Waals surface area contributed by atoms with Crippen molar-refractivity contribution in [1.82, 2.24) is 0 Å². The molecule has 0 fully saturated rings. The summed E-state index contributed by atoms with van der Waals surface area (Å²) in [5, 5.41) is 1.29. The molecule has 0 N–H and O–H groups in total. The molecule has 1 aromatic carbocycles. The summed E-state index contributed by atoms with van der Waals surface area (Å²) in [4.78, 5) is 0. The van der Waals surface area contributed by atoms with Crippen LogP contribution in [0.25, 0.3) is 0 Å². The van der Waals surface area contributed by atoms with Crippen LogP contribution in [-0.4, -0.2) is 0 Å². The van der Waals surface area contributed by atoms with Gasteiger partial charge in [-0.15, -0.1) is 0 Å². The molecule has 1 aromatic rings. The molecular formula is C11H14Cl2. The van der Waals surface area contributed by atoms with E-state index in [2.05, 4.69) is 19.9 Å². The van der Waals surface area contributed by atoms with E-state index in [0.717, 1.165) is 0 Å². The first-order valence-electron chi connectivity index (χ1n) is 4.60. The Morgan fingerprint density at radius 1 is 1.23 bits per heavy atom. The highest BCUT2D eigenvalue weighted by atomic mass is 35.5. The lowest BCUT2D eigenvalue weighted by Crippen LogP contribution is -1.92. The molecular weight excluding hydrogens is 203 g/mol. The summed E-state index contributed by atoms with van der Waals surface area (Å²) in [7, 11) is 0. The van der Waals surface area contributed by atoms with Crippen LogP contribution in [-0.2, 0) is 0 Å². The Morgan fingerprint density at radius 3 is 2.46 bits per heavy atom. The zero-order valence-corrected chi connectivity index (χ0v) is 9.49. The van der Waals surface area contributed by atoms with Gasteiger partial charge in [0.2, 0.25) is 0 Å². The lowest BCUT2D eigenvalue weighted by molar-refractivity contribution is 0.665. The van der Waals surface area contributed by atoms with Gasteiger partial charge in [-0.1, -0.05) is 49.5 Å². The van der Waals surface area contributed by atoms with Crippen molar-refractivity contribution in [2.24, 2.45) is 0 Å². The second-order valence-corrected chi connectivity index (χ2v) is 4.18. The summed E-state index contributed by atoms with van der Waals surface area (Å²) in [6.07, 6.45) is 2.39. The number of rotatable bonds is 3. The zero-order valence-electron chi connectivity index (χ0n) is 7.98. The number of hydrogen-bond donors (Lipinski definition) is 0. The van der Waals surface area contributed by atoms with E-state index < -0.39 is 0 Å². The highest BCUT2D eigenvalue weighted by Gasteiger charge is 2.06. The Morgan fingerprint density at radius 2 is 1.92 bits per heavy atom. The van der Waals surface area contributed by atoms with Crippen LogP contribution in [0.2, 0.25) is 10.0 Å². The Balaban J connectivity index is 2.84. The fourth-order valence-electron chi connectivity index (χ4n) is 1.42. The van der Waals surface area contributed by atoms with Crippen LogP contribution in [0.5, 0.6) is 0 Å². The fourth-order valence-corrected chi connectivity index (χ4v) is 1.73. The Bertz CT molecular complexity index is 281. The molecule has 0 aromatic heterocycles. The third-order valence-corrected chi connectivity index (χ3v) is 2.97. The Labute approximate surface area is 89.9 Å². The summed E-state index contributed by atoms with van der Waals surface area (Å²) >= 11 is 11.8. The van der Waals surface area contributed by atoms with Crippen LogP contribution < -0.4 is 0 Å². The SMILES string of the molecule is CCCC(C)c1ccc(Cl)c(Cl)c1. The van der Waals surface area contributed by atoms with Gasteiger partial charge in [-0.05, 0) is 30.0 Å². The molecule has 0 aliphatic carbocycles. The molecule has 0 saturated heterocycles. The summed E-state index contributed by atoms with van der Waals surface area (Å²) in [5.74, 6) is 0.569. The van der Waals surface area contributed by atoms with Crippen LogP contribution in [0.15, 0.2) is 18.2 Å². The predicted molar refractivity (Wildman–Crippen MR) is 59.8 cm³/mol. The Kier molecular flexibility index (Phi) is 4.08. The largest absolute Gasteiger partial charge is 0.0827 e. The quantitative estimate of drug-likeness (QED) is 0.675. The topological polar surface area (TPSA) is 0 Å². The van der Waals surface area contributed by atoms with Crippen molar-refractivity contribution >= 4 is 23.2 Å². The van der Waals surface area contributed by atoms with Crippen molar-refractivity contribution in [3.8, 4) is 0 Å². The molecule has 0 aliphatic rings. The van der Waals surface area contributed by atoms with E-state index in [9.17, 15) is 0 Å². The van der Waals surface area contributed by atoms with Crippen molar-refractivity contribution < 1.29 is 0 Å². The van der Waals surface area contributed by atoms with Crippen LogP contribution in [0.4, 0.5) is 0 Å². The van der Waals surface area contributed by atoms with E-state index in [1.165, 1.54) is 18.4 Å². The van der Waals surface area contributed by atoms with Gasteiger partial charge < -0.3 is 0 Å². The van der Waals surface area contributed by atoms with Crippen molar-refractivity contribution in [2.45, 2.75) is 32.6 Å². The fraction of sp³-hybridized carbons (Fsp3) is 0.455. The van der Waals surface area contributed by atoms with E-state index in [4.69, 9.17) is 23.2 Å². The van der Waals surface area contributed by atoms with E-state index in [0.29, 0.717) is 16.0 Å². The first-order chi connectivity index (χ1) is 6.15. The molecule has 72 valence electrons. The second-order valence-electron chi connectivity index (χ2n) is 3.36. The maximum atomic E-state index is 5.93. The van der Waals surface area contributed by atoms with E-state index >= 15 is 0 Å². The van der Waals surface area contributed by atoms with Crippen LogP contribution in [0.1, 0.15) is 38.2 Å². The first kappa shape index (κ1) is 10.9. The van der Waals surface area contributed by atoms with E-state index in [1.54, 1.807) is 0 Å². The predicted octanol–water partition coefficient (Wildman–Crippen LogP) is 4.90. The second kappa shape index (κ2) is 4.88. The van der Waals surface area contributed by atoms with Gasteiger partial charge in [-0.3, -0.25) is 0 Å². The van der Waals surface area contributed by atoms with Crippen molar-refractivity contribution in [3.05, 3.63) is 33.8 Å². The maximum absolute atomic E-state index is 5.93. The van der Waals surface area contributed by atoms with E-state index in [-0.39, 0.29) is 0 Å². The summed E-state index contributed by atoms with van der Waals surface area (Å²) in [5.41, 5.74) is 1.27. The molecule has 0 radical (unpaired) electrons. The van der Waals surface area contributed by atoms with Gasteiger partial charge in [0.05, 0.1) is 10.0 Å². The van der Waals surface area contributed by atoms with Gasteiger partial charge in [0.15, 0.2) is 0 Å². The maximum Gasteiger partial charge on any atom is 0.0595 e. The minimum atomic E-state index is 0.569. The van der Waals surface area contributed by atoms with Crippen molar-refractivity contribution in [1.29, 1.82) is 0 Å². The molecule has 1 unspecified atom stereocenters. The molecule has 1 rings (SSSR count). The minimum Gasteiger partial charge on any atom is -0.0827 e. The third-order valence-electron chi connectivity index (χ3n) is 2.23. The molecule has 1 atom stereocenters. The molecule has 0 amide bonds. The Hall–Kier alpha value is -0.200. The highest BCUT2D eigenvalue weighted by molar-refractivity contribution is 6.42. The molecule has 13 heavy (non-hydrogen) atoms. The molecule has 0 nitrogen and oxygen atoms in total. The van der Waals surface area contributed by atoms with Gasteiger partial charge in [-0.2, -0.15) is 0 Å². The third kappa shape index (κ3) is 2.89. The summed E-state index contributed by atoms with van der Waals surface area (Å²) in [6, 6.07) is 5.88. The van der Waals surface area contributed by atoms with Crippen LogP contribution in [0.3, 0.4) is 0 Å². The monoisotopic (exact) mass is 216 g/mol. The minimum absolute atomic E-state index is 0.569. The van der Waals surface area contributed by atoms with Crippen molar-refractivity contribution in [3.63, 3.8) is 0 Å². The number of hydrogen-bond acceptors (Lipinski definition) is 0. The first-order valence-corrected chi connectivity index (χ1v) is 5.35. The standard InChI is InChI=1S/C11H14Cl2/c1-3-4-8(2)9-5-6-10(12)11(13)7-9/h5-8H,3-4H2,1-2H3. The molecule has 0 bridgehead atoms. The number of halogens is 2. The smallest absolute Gasteiger partial charge is 0.0595 e.